The molecule has 2 amide bonds. The Hall–Kier alpha value is -2.93. The summed E-state index contributed by atoms with van der Waals surface area (Å²) in [5.41, 5.74) is 1.92. The number of hydrogen-bond donors (Lipinski definition) is 1. The van der Waals surface area contributed by atoms with Gasteiger partial charge in [-0.15, -0.1) is 0 Å². The number of amides is 2. The van der Waals surface area contributed by atoms with Gasteiger partial charge in [-0.25, -0.2) is 0 Å². The van der Waals surface area contributed by atoms with Gasteiger partial charge in [-0.1, -0.05) is 30.3 Å². The zero-order chi connectivity index (χ0) is 22.2. The summed E-state index contributed by atoms with van der Waals surface area (Å²) in [5, 5.41) is 3.39. The topological polar surface area (TPSA) is 61.9 Å². The van der Waals surface area contributed by atoms with Crippen molar-refractivity contribution in [1.29, 1.82) is 0 Å². The van der Waals surface area contributed by atoms with E-state index in [1.165, 1.54) is 5.56 Å². The molecule has 0 aliphatic carbocycles. The molecule has 1 atom stereocenters. The van der Waals surface area contributed by atoms with E-state index in [9.17, 15) is 9.59 Å². The van der Waals surface area contributed by atoms with Gasteiger partial charge in [0.25, 0.3) is 5.91 Å². The van der Waals surface area contributed by atoms with E-state index in [0.29, 0.717) is 30.5 Å². The molecule has 0 radical (unpaired) electrons. The number of benzene rings is 2. The third-order valence-electron chi connectivity index (χ3n) is 5.26. The van der Waals surface area contributed by atoms with E-state index in [0.717, 1.165) is 18.6 Å². The van der Waals surface area contributed by atoms with Crippen LogP contribution in [0, 0.1) is 0 Å². The lowest BCUT2D eigenvalue weighted by Crippen LogP contribution is -2.38. The number of nitrogens with one attached hydrogen (secondary N) is 1. The fraction of sp³-hybridized carbons (Fsp3) is 0.375. The molecule has 6 nitrogen and oxygen atoms in total. The number of likely N-dealkylation sites (N-methyl/N-ethyl adjacent to an activating group) is 1. The zero-order valence-electron chi connectivity index (χ0n) is 18.0. The van der Waals surface area contributed by atoms with Crippen LogP contribution in [0.5, 0.6) is 5.75 Å². The molecule has 0 spiro atoms. The molecule has 2 aromatic rings. The average Bonchev–Trinajstić information content (AvgIpc) is 2.99. The van der Waals surface area contributed by atoms with Gasteiger partial charge >= 0.3 is 0 Å². The van der Waals surface area contributed by atoms with Crippen molar-refractivity contribution in [1.82, 2.24) is 9.80 Å². The normalized spacial score (nSPS) is 16.0. The summed E-state index contributed by atoms with van der Waals surface area (Å²) in [6.07, 6.45) is 1.81. The van der Waals surface area contributed by atoms with Crippen molar-refractivity contribution >= 4 is 34.8 Å². The number of rotatable bonds is 10. The second-order valence-electron chi connectivity index (χ2n) is 7.37. The van der Waals surface area contributed by atoms with Crippen molar-refractivity contribution in [3.8, 4) is 5.75 Å². The molecule has 1 heterocycles. The molecule has 0 saturated carbocycles. The van der Waals surface area contributed by atoms with Crippen molar-refractivity contribution in [2.75, 3.05) is 25.0 Å². The summed E-state index contributed by atoms with van der Waals surface area (Å²) < 4.78 is 5.42. The van der Waals surface area contributed by atoms with Crippen molar-refractivity contribution < 1.29 is 14.3 Å². The second-order valence-corrected chi connectivity index (χ2v) is 7.74. The van der Waals surface area contributed by atoms with Gasteiger partial charge in [-0.05, 0) is 68.7 Å². The zero-order valence-corrected chi connectivity index (χ0v) is 18.9. The van der Waals surface area contributed by atoms with Crippen molar-refractivity contribution in [3.63, 3.8) is 0 Å². The number of carbonyl (C=O) groups excluding carboxylic acids is 2. The average molecular weight is 440 g/mol. The Labute approximate surface area is 189 Å². The van der Waals surface area contributed by atoms with Crippen molar-refractivity contribution in [3.05, 3.63) is 60.2 Å². The monoisotopic (exact) mass is 439 g/mol. The third-order valence-corrected chi connectivity index (χ3v) is 5.71. The number of nitrogens with zero attached hydrogens (tertiary/aromatic N) is 2. The summed E-state index contributed by atoms with van der Waals surface area (Å²) in [5.74, 6) is 0.436. The predicted octanol–water partition coefficient (Wildman–Crippen LogP) is 3.86. The molecular weight excluding hydrogens is 410 g/mol. The summed E-state index contributed by atoms with van der Waals surface area (Å²) in [7, 11) is 0. The molecule has 1 fully saturated rings. The van der Waals surface area contributed by atoms with Gasteiger partial charge in [0.2, 0.25) is 5.91 Å². The molecule has 0 aromatic heterocycles. The van der Waals surface area contributed by atoms with E-state index in [-0.39, 0.29) is 18.2 Å². The third kappa shape index (κ3) is 5.82. The highest BCUT2D eigenvalue weighted by Gasteiger charge is 2.42. The summed E-state index contributed by atoms with van der Waals surface area (Å²) in [6.45, 7) is 5.54. The lowest BCUT2D eigenvalue weighted by Gasteiger charge is -2.23. The fourth-order valence-corrected chi connectivity index (χ4v) is 4.16. The van der Waals surface area contributed by atoms with Crippen LogP contribution in [-0.2, 0) is 16.0 Å². The maximum absolute atomic E-state index is 12.9. The minimum absolute atomic E-state index is 0.0635. The van der Waals surface area contributed by atoms with E-state index in [4.69, 9.17) is 17.0 Å². The Morgan fingerprint density at radius 3 is 2.45 bits per heavy atom. The Balaban J connectivity index is 1.62. The molecule has 7 heteroatoms. The van der Waals surface area contributed by atoms with Gasteiger partial charge in [0.1, 0.15) is 11.8 Å². The molecule has 1 aliphatic heterocycles. The number of aryl methyl sites for hydroxylation is 1. The van der Waals surface area contributed by atoms with Gasteiger partial charge in [0, 0.05) is 18.8 Å². The van der Waals surface area contributed by atoms with Crippen LogP contribution in [0.4, 0.5) is 5.69 Å². The molecule has 1 aliphatic rings. The summed E-state index contributed by atoms with van der Waals surface area (Å²) in [4.78, 5) is 29.1. The molecule has 2 aromatic carbocycles. The molecule has 0 bridgehead atoms. The van der Waals surface area contributed by atoms with E-state index >= 15 is 0 Å². The summed E-state index contributed by atoms with van der Waals surface area (Å²) >= 11 is 5.55. The van der Waals surface area contributed by atoms with E-state index in [1.54, 1.807) is 17.0 Å². The van der Waals surface area contributed by atoms with Crippen LogP contribution in [0.2, 0.25) is 0 Å². The van der Waals surface area contributed by atoms with Crippen molar-refractivity contribution in [2.45, 2.75) is 39.2 Å². The molecule has 3 rings (SSSR count). The quantitative estimate of drug-likeness (QED) is 0.570. The number of thiocarbonyl (C=S) groups is 1. The first-order valence-corrected chi connectivity index (χ1v) is 11.1. The van der Waals surface area contributed by atoms with Crippen LogP contribution in [0.1, 0.15) is 32.3 Å². The Kier molecular flexibility index (Phi) is 8.00. The number of anilines is 1. The van der Waals surface area contributed by atoms with E-state index in [1.807, 2.05) is 49.1 Å². The van der Waals surface area contributed by atoms with Crippen LogP contribution in [-0.4, -0.2) is 52.5 Å². The molecule has 1 N–H and O–H groups in total. The van der Waals surface area contributed by atoms with Crippen LogP contribution in [0.15, 0.2) is 54.6 Å². The number of hydrogen-bond acceptors (Lipinski definition) is 4. The Morgan fingerprint density at radius 2 is 1.81 bits per heavy atom. The van der Waals surface area contributed by atoms with Gasteiger partial charge in [-0.2, -0.15) is 0 Å². The highest BCUT2D eigenvalue weighted by Crippen LogP contribution is 2.23. The van der Waals surface area contributed by atoms with Crippen LogP contribution < -0.4 is 10.1 Å². The molecule has 31 heavy (non-hydrogen) atoms. The SMILES string of the molecule is CCOc1ccc(NC(=O)CC2C(=O)N(CC)C(=S)N2CCCc2ccccc2)cc1. The van der Waals surface area contributed by atoms with Gasteiger partial charge in [-0.3, -0.25) is 14.5 Å². The highest BCUT2D eigenvalue weighted by molar-refractivity contribution is 7.80. The van der Waals surface area contributed by atoms with E-state index < -0.39 is 6.04 Å². The minimum atomic E-state index is -0.564. The van der Waals surface area contributed by atoms with E-state index in [2.05, 4.69) is 17.4 Å². The maximum Gasteiger partial charge on any atom is 0.252 e. The highest BCUT2D eigenvalue weighted by atomic mass is 32.1. The van der Waals surface area contributed by atoms with Crippen LogP contribution in [0.3, 0.4) is 0 Å². The molecular formula is C24H29N3O3S. The first kappa shape index (κ1) is 22.7. The molecule has 1 saturated heterocycles. The smallest absolute Gasteiger partial charge is 0.252 e. The first-order valence-electron chi connectivity index (χ1n) is 10.7. The van der Waals surface area contributed by atoms with Crippen LogP contribution >= 0.6 is 12.2 Å². The predicted molar refractivity (Wildman–Crippen MR) is 126 cm³/mol. The number of carbonyl (C=O) groups is 2. The lowest BCUT2D eigenvalue weighted by atomic mass is 10.1. The summed E-state index contributed by atoms with van der Waals surface area (Å²) in [6, 6.07) is 16.9. The molecule has 164 valence electrons. The largest absolute Gasteiger partial charge is 0.494 e. The van der Waals surface area contributed by atoms with Gasteiger partial charge < -0.3 is 15.0 Å². The first-order chi connectivity index (χ1) is 15.0. The van der Waals surface area contributed by atoms with Crippen LogP contribution in [0.25, 0.3) is 0 Å². The van der Waals surface area contributed by atoms with Gasteiger partial charge in [0.05, 0.1) is 13.0 Å². The molecule has 1 unspecified atom stereocenters. The fourth-order valence-electron chi connectivity index (χ4n) is 3.72. The second kappa shape index (κ2) is 10.9. The number of ether oxygens (including phenoxy) is 1. The van der Waals surface area contributed by atoms with Crippen molar-refractivity contribution in [2.24, 2.45) is 0 Å². The van der Waals surface area contributed by atoms with Gasteiger partial charge in [0.15, 0.2) is 5.11 Å². The minimum Gasteiger partial charge on any atom is -0.494 e. The lowest BCUT2D eigenvalue weighted by molar-refractivity contribution is -0.130. The standard InChI is InChI=1S/C24H29N3O3S/c1-3-26-23(29)21(17-22(28)25-19-12-14-20(15-13-19)30-4-2)27(24(26)31)16-8-11-18-9-6-5-7-10-18/h5-7,9-10,12-15,21H,3-4,8,11,16-17H2,1-2H3,(H,25,28). The Morgan fingerprint density at radius 1 is 1.10 bits per heavy atom. The maximum atomic E-state index is 12.9. The Bertz CT molecular complexity index is 902.